The van der Waals surface area contributed by atoms with Crippen molar-refractivity contribution < 1.29 is 9.21 Å². The molecule has 1 N–H and O–H groups in total. The lowest BCUT2D eigenvalue weighted by atomic mass is 10.2. The van der Waals surface area contributed by atoms with E-state index in [0.29, 0.717) is 11.8 Å². The SMILES string of the molecule is O=C(C=Cc1ccco1)Nc1ccnn1C1CCCC1. The van der Waals surface area contributed by atoms with Gasteiger partial charge in [0.15, 0.2) is 0 Å². The number of amides is 1. The van der Waals surface area contributed by atoms with Crippen LogP contribution in [0.5, 0.6) is 0 Å². The monoisotopic (exact) mass is 271 g/mol. The molecule has 0 radical (unpaired) electrons. The number of carbonyl (C=O) groups is 1. The van der Waals surface area contributed by atoms with Gasteiger partial charge in [0.2, 0.25) is 5.91 Å². The highest BCUT2D eigenvalue weighted by atomic mass is 16.3. The van der Waals surface area contributed by atoms with E-state index < -0.39 is 0 Å². The number of anilines is 1. The molecule has 0 aromatic carbocycles. The molecule has 0 unspecified atom stereocenters. The van der Waals surface area contributed by atoms with Gasteiger partial charge in [-0.15, -0.1) is 0 Å². The van der Waals surface area contributed by atoms with Crippen molar-refractivity contribution in [1.82, 2.24) is 9.78 Å². The topological polar surface area (TPSA) is 60.1 Å². The average molecular weight is 271 g/mol. The second-order valence-electron chi connectivity index (χ2n) is 4.94. The second-order valence-corrected chi connectivity index (χ2v) is 4.94. The van der Waals surface area contributed by atoms with Crippen LogP contribution in [-0.4, -0.2) is 15.7 Å². The molecule has 1 saturated carbocycles. The first-order chi connectivity index (χ1) is 9.83. The molecule has 20 heavy (non-hydrogen) atoms. The molecule has 2 heterocycles. The van der Waals surface area contributed by atoms with Crippen LogP contribution < -0.4 is 5.32 Å². The van der Waals surface area contributed by atoms with Crippen LogP contribution in [0.25, 0.3) is 6.08 Å². The summed E-state index contributed by atoms with van der Waals surface area (Å²) >= 11 is 0. The number of carbonyl (C=O) groups excluding carboxylic acids is 1. The summed E-state index contributed by atoms with van der Waals surface area (Å²) in [7, 11) is 0. The molecule has 0 spiro atoms. The first-order valence-corrected chi connectivity index (χ1v) is 6.89. The number of hydrogen-bond donors (Lipinski definition) is 1. The zero-order chi connectivity index (χ0) is 13.8. The van der Waals surface area contributed by atoms with Crippen molar-refractivity contribution in [3.63, 3.8) is 0 Å². The van der Waals surface area contributed by atoms with Crippen LogP contribution in [-0.2, 0) is 4.79 Å². The smallest absolute Gasteiger partial charge is 0.249 e. The number of aromatic nitrogens is 2. The molecule has 3 rings (SSSR count). The highest BCUT2D eigenvalue weighted by Gasteiger charge is 2.20. The lowest BCUT2D eigenvalue weighted by Gasteiger charge is -2.13. The minimum absolute atomic E-state index is 0.179. The normalized spacial score (nSPS) is 16.0. The summed E-state index contributed by atoms with van der Waals surface area (Å²) in [4.78, 5) is 11.9. The Kier molecular flexibility index (Phi) is 3.67. The van der Waals surface area contributed by atoms with Crippen molar-refractivity contribution in [2.24, 2.45) is 0 Å². The van der Waals surface area contributed by atoms with E-state index in [-0.39, 0.29) is 5.91 Å². The maximum Gasteiger partial charge on any atom is 0.249 e. The van der Waals surface area contributed by atoms with Crippen molar-refractivity contribution in [2.45, 2.75) is 31.7 Å². The van der Waals surface area contributed by atoms with Crippen molar-refractivity contribution in [3.8, 4) is 0 Å². The number of rotatable bonds is 4. The fourth-order valence-electron chi connectivity index (χ4n) is 2.56. The van der Waals surface area contributed by atoms with Gasteiger partial charge in [-0.3, -0.25) is 4.79 Å². The van der Waals surface area contributed by atoms with E-state index >= 15 is 0 Å². The van der Waals surface area contributed by atoms with E-state index in [0.717, 1.165) is 18.7 Å². The highest BCUT2D eigenvalue weighted by Crippen LogP contribution is 2.31. The number of hydrogen-bond acceptors (Lipinski definition) is 3. The first-order valence-electron chi connectivity index (χ1n) is 6.89. The Bertz CT molecular complexity index is 592. The van der Waals surface area contributed by atoms with Crippen LogP contribution >= 0.6 is 0 Å². The van der Waals surface area contributed by atoms with Gasteiger partial charge in [-0.1, -0.05) is 12.8 Å². The van der Waals surface area contributed by atoms with E-state index in [1.54, 1.807) is 30.7 Å². The molecular weight excluding hydrogens is 254 g/mol. The van der Waals surface area contributed by atoms with Gasteiger partial charge < -0.3 is 9.73 Å². The molecule has 1 aliphatic rings. The Balaban J connectivity index is 1.65. The van der Waals surface area contributed by atoms with Crippen LogP contribution in [0.2, 0.25) is 0 Å². The Morgan fingerprint density at radius 3 is 3.00 bits per heavy atom. The third kappa shape index (κ3) is 2.82. The van der Waals surface area contributed by atoms with Crippen molar-refractivity contribution in [2.75, 3.05) is 5.32 Å². The molecule has 5 nitrogen and oxygen atoms in total. The largest absolute Gasteiger partial charge is 0.465 e. The maximum atomic E-state index is 11.9. The fourth-order valence-corrected chi connectivity index (χ4v) is 2.56. The number of furan rings is 1. The molecule has 0 atom stereocenters. The molecule has 0 saturated heterocycles. The van der Waals surface area contributed by atoms with E-state index in [1.165, 1.54) is 18.9 Å². The summed E-state index contributed by atoms with van der Waals surface area (Å²) in [6, 6.07) is 5.82. The zero-order valence-electron chi connectivity index (χ0n) is 11.2. The van der Waals surface area contributed by atoms with Crippen LogP contribution in [0.4, 0.5) is 5.82 Å². The van der Waals surface area contributed by atoms with Gasteiger partial charge in [0.1, 0.15) is 11.6 Å². The minimum atomic E-state index is -0.179. The zero-order valence-corrected chi connectivity index (χ0v) is 11.2. The van der Waals surface area contributed by atoms with Crippen LogP contribution in [0, 0.1) is 0 Å². The molecule has 5 heteroatoms. The summed E-state index contributed by atoms with van der Waals surface area (Å²) in [6.07, 6.45) is 11.1. The molecule has 0 bridgehead atoms. The van der Waals surface area contributed by atoms with Gasteiger partial charge in [-0.05, 0) is 31.1 Å². The van der Waals surface area contributed by atoms with Gasteiger partial charge in [0.05, 0.1) is 18.5 Å². The summed E-state index contributed by atoms with van der Waals surface area (Å²) in [5.74, 6) is 1.23. The molecule has 2 aromatic heterocycles. The molecule has 1 aliphatic carbocycles. The maximum absolute atomic E-state index is 11.9. The van der Waals surface area contributed by atoms with Crippen LogP contribution in [0.1, 0.15) is 37.5 Å². The Hall–Kier alpha value is -2.30. The Morgan fingerprint density at radius 1 is 1.40 bits per heavy atom. The Morgan fingerprint density at radius 2 is 2.25 bits per heavy atom. The summed E-state index contributed by atoms with van der Waals surface area (Å²) < 4.78 is 7.06. The van der Waals surface area contributed by atoms with Crippen molar-refractivity contribution in [3.05, 3.63) is 42.5 Å². The molecule has 1 amide bonds. The predicted molar refractivity (Wildman–Crippen MR) is 76.1 cm³/mol. The molecule has 0 aliphatic heterocycles. The first kappa shape index (κ1) is 12.7. The van der Waals surface area contributed by atoms with Gasteiger partial charge in [-0.25, -0.2) is 4.68 Å². The third-order valence-electron chi connectivity index (χ3n) is 3.53. The van der Waals surface area contributed by atoms with E-state index in [1.807, 2.05) is 10.7 Å². The van der Waals surface area contributed by atoms with Gasteiger partial charge in [-0.2, -0.15) is 5.10 Å². The molecule has 104 valence electrons. The van der Waals surface area contributed by atoms with Gasteiger partial charge in [0, 0.05) is 12.1 Å². The molecular formula is C15H17N3O2. The fraction of sp³-hybridized carbons (Fsp3) is 0.333. The van der Waals surface area contributed by atoms with Crippen molar-refractivity contribution >= 4 is 17.8 Å². The Labute approximate surface area is 117 Å². The quantitative estimate of drug-likeness (QED) is 0.868. The minimum Gasteiger partial charge on any atom is -0.465 e. The highest BCUT2D eigenvalue weighted by molar-refractivity contribution is 6.01. The van der Waals surface area contributed by atoms with E-state index in [9.17, 15) is 4.79 Å². The third-order valence-corrected chi connectivity index (χ3v) is 3.53. The summed E-state index contributed by atoms with van der Waals surface area (Å²) in [5.41, 5.74) is 0. The van der Waals surface area contributed by atoms with Gasteiger partial charge >= 0.3 is 0 Å². The summed E-state index contributed by atoms with van der Waals surface area (Å²) in [6.45, 7) is 0. The lowest BCUT2D eigenvalue weighted by Crippen LogP contribution is -2.15. The predicted octanol–water partition coefficient (Wildman–Crippen LogP) is 3.24. The number of nitrogens with zero attached hydrogens (tertiary/aromatic N) is 2. The van der Waals surface area contributed by atoms with E-state index in [4.69, 9.17) is 4.42 Å². The van der Waals surface area contributed by atoms with Crippen LogP contribution in [0.3, 0.4) is 0 Å². The summed E-state index contributed by atoms with van der Waals surface area (Å²) in [5, 5.41) is 7.18. The van der Waals surface area contributed by atoms with Gasteiger partial charge in [0.25, 0.3) is 0 Å². The van der Waals surface area contributed by atoms with E-state index in [2.05, 4.69) is 10.4 Å². The van der Waals surface area contributed by atoms with Crippen molar-refractivity contribution in [1.29, 1.82) is 0 Å². The second kappa shape index (κ2) is 5.77. The lowest BCUT2D eigenvalue weighted by molar-refractivity contribution is -0.111. The standard InChI is InChI=1S/C15H17N3O2/c19-15(8-7-13-6-3-11-20-13)17-14-9-10-16-18(14)12-4-1-2-5-12/h3,6-12H,1-2,4-5H2,(H,17,19). The average Bonchev–Trinajstić information content (AvgIpc) is 3.18. The molecule has 2 aromatic rings. The number of nitrogens with one attached hydrogen (secondary N) is 1. The van der Waals surface area contributed by atoms with Crippen LogP contribution in [0.15, 0.2) is 41.2 Å². The molecule has 1 fully saturated rings.